The van der Waals surface area contributed by atoms with Gasteiger partial charge in [-0.15, -0.1) is 0 Å². The highest BCUT2D eigenvalue weighted by molar-refractivity contribution is 5.73. The highest BCUT2D eigenvalue weighted by Gasteiger charge is 1.99. The van der Waals surface area contributed by atoms with Crippen LogP contribution < -0.4 is 22.0 Å². The van der Waals surface area contributed by atoms with Gasteiger partial charge in [-0.3, -0.25) is 0 Å². The molecule has 0 aromatic heterocycles. The van der Waals surface area contributed by atoms with Gasteiger partial charge in [0.2, 0.25) is 6.21 Å². The number of hydrogen-bond donors (Lipinski definition) is 0. The quantitative estimate of drug-likeness (QED) is 0.450. The van der Waals surface area contributed by atoms with Gasteiger partial charge in [0, 0.05) is 18.2 Å². The lowest BCUT2D eigenvalue weighted by Gasteiger charge is -1.76. The van der Waals surface area contributed by atoms with Crippen molar-refractivity contribution in [1.29, 1.82) is 0 Å². The van der Waals surface area contributed by atoms with Crippen LogP contribution in [0.4, 0.5) is 0 Å². The third kappa shape index (κ3) is 2.42. The molecule has 0 bridgehead atoms. The molecular formula is C7H7BrN. The molecule has 1 aliphatic rings. The molecule has 0 aromatic rings. The Bertz CT molecular complexity index is 177. The largest absolute Gasteiger partial charge is 1.00 e. The Balaban J connectivity index is 0.000000640. The number of allylic oxidation sites excluding steroid dienone is 4. The lowest BCUT2D eigenvalue weighted by Crippen LogP contribution is -3.00. The molecule has 1 nitrogen and oxygen atoms in total. The van der Waals surface area contributed by atoms with Gasteiger partial charge in [0.25, 0.3) is 5.70 Å². The summed E-state index contributed by atoms with van der Waals surface area (Å²) >= 11 is 0. The SMILES string of the molecule is C=CC1=CC=CC=[N+]1.[Br-]. The van der Waals surface area contributed by atoms with E-state index in [1.807, 2.05) is 18.2 Å². The molecular weight excluding hydrogens is 178 g/mol. The smallest absolute Gasteiger partial charge is 0.276 e. The zero-order chi connectivity index (χ0) is 5.82. The van der Waals surface area contributed by atoms with Gasteiger partial charge in [-0.1, -0.05) is 6.58 Å². The van der Waals surface area contributed by atoms with E-state index in [4.69, 9.17) is 0 Å². The summed E-state index contributed by atoms with van der Waals surface area (Å²) < 4.78 is 0. The van der Waals surface area contributed by atoms with Gasteiger partial charge in [-0.2, -0.15) is 0 Å². The summed E-state index contributed by atoms with van der Waals surface area (Å²) in [4.78, 5) is 3.98. The number of hydrogen-bond acceptors (Lipinski definition) is 1. The minimum atomic E-state index is 0. The molecule has 1 aliphatic heterocycles. The highest BCUT2D eigenvalue weighted by atomic mass is 79.9. The Morgan fingerprint density at radius 2 is 2.22 bits per heavy atom. The van der Waals surface area contributed by atoms with Crippen LogP contribution in [-0.4, -0.2) is 6.21 Å². The normalized spacial score (nSPS) is 14.0. The maximum absolute atomic E-state index is 3.98. The first-order valence-electron chi connectivity index (χ1n) is 2.47. The molecule has 0 N–H and O–H groups in total. The van der Waals surface area contributed by atoms with Gasteiger partial charge in [0.15, 0.2) is 0 Å². The minimum absolute atomic E-state index is 0. The summed E-state index contributed by atoms with van der Waals surface area (Å²) in [6.45, 7) is 3.57. The van der Waals surface area contributed by atoms with Gasteiger partial charge in [0.1, 0.15) is 0 Å². The summed E-state index contributed by atoms with van der Waals surface area (Å²) in [6.07, 6.45) is 9.20. The first-order valence-corrected chi connectivity index (χ1v) is 2.47. The highest BCUT2D eigenvalue weighted by Crippen LogP contribution is 1.91. The number of halogens is 1. The van der Waals surface area contributed by atoms with Crippen molar-refractivity contribution in [3.63, 3.8) is 0 Å². The van der Waals surface area contributed by atoms with Crippen LogP contribution in [0.5, 0.6) is 0 Å². The Kier molecular flexibility index (Phi) is 3.97. The molecule has 47 valence electrons. The number of nitrogens with zero attached hydrogens (tertiary/aromatic N) is 1. The van der Waals surface area contributed by atoms with E-state index < -0.39 is 0 Å². The maximum atomic E-state index is 3.98. The summed E-state index contributed by atoms with van der Waals surface area (Å²) in [6, 6.07) is 0. The van der Waals surface area contributed by atoms with Crippen molar-refractivity contribution in [2.24, 2.45) is 0 Å². The molecule has 2 heteroatoms. The Labute approximate surface area is 65.3 Å². The minimum Gasteiger partial charge on any atom is -1.00 e. The van der Waals surface area contributed by atoms with Gasteiger partial charge < -0.3 is 17.0 Å². The first kappa shape index (κ1) is 8.37. The molecule has 0 spiro atoms. The topological polar surface area (TPSA) is 14.1 Å². The van der Waals surface area contributed by atoms with Crippen molar-refractivity contribution in [3.05, 3.63) is 36.6 Å². The van der Waals surface area contributed by atoms with Crippen molar-refractivity contribution in [2.45, 2.75) is 0 Å². The molecule has 0 amide bonds. The third-order valence-corrected chi connectivity index (χ3v) is 0.897. The summed E-state index contributed by atoms with van der Waals surface area (Å²) in [5, 5.41) is 0. The second kappa shape index (κ2) is 4.27. The van der Waals surface area contributed by atoms with E-state index in [9.17, 15) is 0 Å². The molecule has 0 saturated heterocycles. The number of rotatable bonds is 1. The zero-order valence-corrected chi connectivity index (χ0v) is 6.51. The summed E-state index contributed by atoms with van der Waals surface area (Å²) in [7, 11) is 0. The maximum Gasteiger partial charge on any atom is 0.276 e. The second-order valence-corrected chi connectivity index (χ2v) is 1.46. The second-order valence-electron chi connectivity index (χ2n) is 1.46. The van der Waals surface area contributed by atoms with Crippen LogP contribution in [-0.2, 0) is 0 Å². The van der Waals surface area contributed by atoms with E-state index in [-0.39, 0.29) is 17.0 Å². The van der Waals surface area contributed by atoms with Gasteiger partial charge >= 0.3 is 0 Å². The Hall–Kier alpha value is -0.630. The van der Waals surface area contributed by atoms with Crippen LogP contribution in [0.3, 0.4) is 0 Å². The van der Waals surface area contributed by atoms with E-state index in [0.29, 0.717) is 0 Å². The van der Waals surface area contributed by atoms with Crippen molar-refractivity contribution >= 4 is 6.21 Å². The van der Waals surface area contributed by atoms with Crippen molar-refractivity contribution < 1.29 is 17.0 Å². The van der Waals surface area contributed by atoms with E-state index in [1.54, 1.807) is 12.3 Å². The zero-order valence-electron chi connectivity index (χ0n) is 4.92. The van der Waals surface area contributed by atoms with E-state index in [0.717, 1.165) is 5.70 Å². The van der Waals surface area contributed by atoms with Gasteiger partial charge in [0.05, 0.1) is 4.99 Å². The Morgan fingerprint density at radius 1 is 1.44 bits per heavy atom. The monoisotopic (exact) mass is 184 g/mol. The van der Waals surface area contributed by atoms with E-state index >= 15 is 0 Å². The fraction of sp³-hybridized carbons (Fsp3) is 0. The number of aliphatic imine (C=N–C) groups is 1. The lowest BCUT2D eigenvalue weighted by atomic mass is 10.3. The van der Waals surface area contributed by atoms with E-state index in [1.165, 1.54) is 0 Å². The Morgan fingerprint density at radius 3 is 2.56 bits per heavy atom. The average Bonchev–Trinajstić information content (AvgIpc) is 1.90. The third-order valence-electron chi connectivity index (χ3n) is 0.897. The molecule has 0 aliphatic carbocycles. The standard InChI is InChI=1S/C7H7N.BrH/c1-2-7-5-3-4-6-8-7;/h2-6H,1H2;1H/q+1;/p-1. The molecule has 1 rings (SSSR count). The lowest BCUT2D eigenvalue weighted by molar-refractivity contribution is -0.00000164. The van der Waals surface area contributed by atoms with Crippen LogP contribution in [0.1, 0.15) is 0 Å². The fourth-order valence-corrected chi connectivity index (χ4v) is 0.497. The predicted molar refractivity (Wildman–Crippen MR) is 35.6 cm³/mol. The summed E-state index contributed by atoms with van der Waals surface area (Å²) in [5.74, 6) is 0. The predicted octanol–water partition coefficient (Wildman–Crippen LogP) is -1.96. The van der Waals surface area contributed by atoms with Gasteiger partial charge in [-0.25, -0.2) is 0 Å². The molecule has 0 unspecified atom stereocenters. The van der Waals surface area contributed by atoms with Crippen LogP contribution >= 0.6 is 0 Å². The molecule has 1 radical (unpaired) electrons. The van der Waals surface area contributed by atoms with Crippen molar-refractivity contribution in [1.82, 2.24) is 4.99 Å². The molecule has 1 heterocycles. The molecule has 0 fully saturated rings. The van der Waals surface area contributed by atoms with Crippen LogP contribution in [0.25, 0.3) is 0 Å². The fourth-order valence-electron chi connectivity index (χ4n) is 0.497. The van der Waals surface area contributed by atoms with Crippen LogP contribution in [0.2, 0.25) is 0 Å². The first-order chi connectivity index (χ1) is 3.93. The van der Waals surface area contributed by atoms with Crippen molar-refractivity contribution in [3.8, 4) is 0 Å². The van der Waals surface area contributed by atoms with Crippen molar-refractivity contribution in [2.75, 3.05) is 0 Å². The molecule has 0 atom stereocenters. The summed E-state index contributed by atoms with van der Waals surface area (Å²) in [5.41, 5.74) is 0.924. The van der Waals surface area contributed by atoms with Crippen LogP contribution in [0, 0.1) is 0 Å². The van der Waals surface area contributed by atoms with Crippen LogP contribution in [0.15, 0.2) is 36.6 Å². The van der Waals surface area contributed by atoms with Gasteiger partial charge in [-0.05, 0) is 6.08 Å². The molecule has 0 aromatic carbocycles. The average molecular weight is 185 g/mol. The van der Waals surface area contributed by atoms with E-state index in [2.05, 4.69) is 11.6 Å². The molecule has 9 heavy (non-hydrogen) atoms. The molecule has 0 saturated carbocycles.